The van der Waals surface area contributed by atoms with Gasteiger partial charge in [0, 0.05) is 29.9 Å². The number of likely N-dealkylation sites (N-methyl/N-ethyl adjacent to an activating group) is 1. The highest BCUT2D eigenvalue weighted by Gasteiger charge is 2.27. The maximum atomic E-state index is 12.7. The number of rotatable bonds is 13. The second kappa shape index (κ2) is 14.8. The van der Waals surface area contributed by atoms with Crippen LogP contribution in [0.15, 0.2) is 72.8 Å². The highest BCUT2D eigenvalue weighted by molar-refractivity contribution is 5.97. The molecule has 0 bridgehead atoms. The van der Waals surface area contributed by atoms with Crippen LogP contribution in [0.4, 0.5) is 5.69 Å². The molecule has 0 radical (unpaired) electrons. The van der Waals surface area contributed by atoms with Crippen LogP contribution in [0.25, 0.3) is 0 Å². The van der Waals surface area contributed by atoms with E-state index in [9.17, 15) is 4.79 Å². The van der Waals surface area contributed by atoms with Crippen molar-refractivity contribution in [1.29, 1.82) is 0 Å². The van der Waals surface area contributed by atoms with Crippen molar-refractivity contribution in [3.8, 4) is 11.5 Å². The van der Waals surface area contributed by atoms with Crippen molar-refractivity contribution in [1.82, 2.24) is 0 Å². The average molecular weight is 652 g/mol. The average Bonchev–Trinajstić information content (AvgIpc) is 3.47. The van der Waals surface area contributed by atoms with Crippen molar-refractivity contribution in [3.63, 3.8) is 0 Å². The summed E-state index contributed by atoms with van der Waals surface area (Å²) in [5, 5.41) is 0. The minimum atomic E-state index is -0.00638. The Bertz CT molecular complexity index is 1290. The molecule has 1 aliphatic heterocycles. The van der Waals surface area contributed by atoms with Crippen LogP contribution in [0.3, 0.4) is 0 Å². The molecule has 0 aromatic heterocycles. The van der Waals surface area contributed by atoms with E-state index in [1.54, 1.807) is 0 Å². The standard InChI is InChI=1S/C37H51N2O3.BrH/c1-36(2,3)28-37(4,5)31-14-20-33(21-15-31)41-25-24-39(6,7)26-29-10-18-34(19-11-29)42-27-35(40)30-12-16-32(17-13-30)38-22-8-9-23-38;/h10-21H,8-9,22-28H2,1-7H3;1H/q+1;/p-1. The molecule has 0 atom stereocenters. The quantitative estimate of drug-likeness (QED) is 0.194. The number of hydrogen-bond acceptors (Lipinski definition) is 4. The normalized spacial score (nSPS) is 13.9. The number of anilines is 1. The van der Waals surface area contributed by atoms with Crippen molar-refractivity contribution >= 4 is 11.5 Å². The Kier molecular flexibility index (Phi) is 11.9. The Morgan fingerprint density at radius 1 is 0.791 bits per heavy atom. The highest BCUT2D eigenvalue weighted by atomic mass is 79.9. The van der Waals surface area contributed by atoms with Crippen LogP contribution >= 0.6 is 0 Å². The largest absolute Gasteiger partial charge is 1.00 e. The van der Waals surface area contributed by atoms with Crippen LogP contribution in [0, 0.1) is 5.41 Å². The van der Waals surface area contributed by atoms with Gasteiger partial charge in [0.05, 0.1) is 14.1 Å². The summed E-state index contributed by atoms with van der Waals surface area (Å²) in [5.41, 5.74) is 4.88. The van der Waals surface area contributed by atoms with Crippen LogP contribution in [0.5, 0.6) is 11.5 Å². The van der Waals surface area contributed by atoms with Gasteiger partial charge >= 0.3 is 0 Å². The maximum Gasteiger partial charge on any atom is 0.200 e. The molecule has 4 rings (SSSR count). The van der Waals surface area contributed by atoms with Gasteiger partial charge in [-0.3, -0.25) is 4.79 Å². The number of ether oxygens (including phenoxy) is 2. The summed E-state index contributed by atoms with van der Waals surface area (Å²) in [7, 11) is 4.44. The molecule has 1 heterocycles. The first-order chi connectivity index (χ1) is 19.8. The third-order valence-electron chi connectivity index (χ3n) is 8.14. The first-order valence-electron chi connectivity index (χ1n) is 15.5. The Morgan fingerprint density at radius 2 is 1.35 bits per heavy atom. The van der Waals surface area contributed by atoms with Crippen LogP contribution in [0.1, 0.15) is 75.4 Å². The van der Waals surface area contributed by atoms with Crippen molar-refractivity contribution in [3.05, 3.63) is 89.5 Å². The lowest BCUT2D eigenvalue weighted by Gasteiger charge is -2.33. The Morgan fingerprint density at radius 3 is 1.93 bits per heavy atom. The molecule has 43 heavy (non-hydrogen) atoms. The molecule has 0 unspecified atom stereocenters. The van der Waals surface area contributed by atoms with E-state index in [0.717, 1.165) is 42.8 Å². The third-order valence-corrected chi connectivity index (χ3v) is 8.14. The van der Waals surface area contributed by atoms with Gasteiger partial charge in [-0.05, 0) is 96.3 Å². The monoisotopic (exact) mass is 650 g/mol. The minimum Gasteiger partial charge on any atom is -1.00 e. The zero-order valence-electron chi connectivity index (χ0n) is 27.3. The van der Waals surface area contributed by atoms with Crippen LogP contribution < -0.4 is 31.4 Å². The lowest BCUT2D eigenvalue weighted by molar-refractivity contribution is -0.903. The molecule has 6 heteroatoms. The van der Waals surface area contributed by atoms with Crippen molar-refractivity contribution in [2.75, 3.05) is 51.8 Å². The smallest absolute Gasteiger partial charge is 0.200 e. The van der Waals surface area contributed by atoms with E-state index >= 15 is 0 Å². The molecular weight excluding hydrogens is 600 g/mol. The number of quaternary nitrogens is 1. The van der Waals surface area contributed by atoms with Gasteiger partial charge in [-0.25, -0.2) is 0 Å². The molecular formula is C37H51BrN2O3. The van der Waals surface area contributed by atoms with Crippen LogP contribution in [-0.4, -0.2) is 57.2 Å². The van der Waals surface area contributed by atoms with Gasteiger partial charge in [-0.2, -0.15) is 0 Å². The predicted octanol–water partition coefficient (Wildman–Crippen LogP) is 4.92. The SMILES string of the molecule is CC(C)(C)CC(C)(C)c1ccc(OCC[N+](C)(C)Cc2ccc(OCC(=O)c3ccc(N4CCCC4)cc3)cc2)cc1.[Br-]. The summed E-state index contributed by atoms with van der Waals surface area (Å²) < 4.78 is 12.7. The summed E-state index contributed by atoms with van der Waals surface area (Å²) >= 11 is 0. The van der Waals surface area contributed by atoms with E-state index in [2.05, 4.69) is 90.0 Å². The first-order valence-corrected chi connectivity index (χ1v) is 15.5. The second-order valence-electron chi connectivity index (χ2n) is 14.4. The van der Waals surface area contributed by atoms with Gasteiger partial charge in [0.2, 0.25) is 0 Å². The summed E-state index contributed by atoms with van der Waals surface area (Å²) in [4.78, 5) is 15.0. The number of carbonyl (C=O) groups is 1. The fourth-order valence-corrected chi connectivity index (χ4v) is 6.17. The molecule has 1 fully saturated rings. The van der Waals surface area contributed by atoms with E-state index in [0.29, 0.717) is 17.9 Å². The van der Waals surface area contributed by atoms with Gasteiger partial charge < -0.3 is 35.8 Å². The Labute approximate surface area is 270 Å². The molecule has 0 aliphatic carbocycles. The zero-order chi connectivity index (χ0) is 30.4. The van der Waals surface area contributed by atoms with Crippen LogP contribution in [-0.2, 0) is 12.0 Å². The molecule has 3 aromatic rings. The molecule has 1 saturated heterocycles. The van der Waals surface area contributed by atoms with Gasteiger partial charge in [0.25, 0.3) is 0 Å². The minimum absolute atomic E-state index is 0. The number of hydrogen-bond donors (Lipinski definition) is 0. The summed E-state index contributed by atoms with van der Waals surface area (Å²) in [5.74, 6) is 1.63. The second-order valence-corrected chi connectivity index (χ2v) is 14.4. The maximum absolute atomic E-state index is 12.7. The molecule has 234 valence electrons. The summed E-state index contributed by atoms with van der Waals surface area (Å²) in [6.45, 7) is 16.2. The van der Waals surface area contributed by atoms with E-state index in [1.807, 2.05) is 36.4 Å². The van der Waals surface area contributed by atoms with Crippen molar-refractivity contribution < 1.29 is 35.7 Å². The van der Waals surface area contributed by atoms with Gasteiger partial charge in [-0.15, -0.1) is 0 Å². The molecule has 5 nitrogen and oxygen atoms in total. The van der Waals surface area contributed by atoms with E-state index in [4.69, 9.17) is 9.47 Å². The summed E-state index contributed by atoms with van der Waals surface area (Å²) in [6.07, 6.45) is 3.61. The fourth-order valence-electron chi connectivity index (χ4n) is 6.17. The van der Waals surface area contributed by atoms with Gasteiger partial charge in [0.15, 0.2) is 12.4 Å². The number of carbonyl (C=O) groups excluding carboxylic acids is 1. The van der Waals surface area contributed by atoms with E-state index in [-0.39, 0.29) is 40.2 Å². The molecule has 0 saturated carbocycles. The van der Waals surface area contributed by atoms with Gasteiger partial charge in [-0.1, -0.05) is 46.8 Å². The third kappa shape index (κ3) is 10.7. The predicted molar refractivity (Wildman–Crippen MR) is 174 cm³/mol. The van der Waals surface area contributed by atoms with Gasteiger partial charge in [0.1, 0.15) is 31.2 Å². The summed E-state index contributed by atoms with van der Waals surface area (Å²) in [6, 6.07) is 24.6. The van der Waals surface area contributed by atoms with E-state index in [1.165, 1.54) is 29.7 Å². The number of Topliss-reactive ketones (excluding diaryl/α,β-unsaturated/α-hetero) is 1. The molecule has 3 aromatic carbocycles. The molecule has 0 spiro atoms. The van der Waals surface area contributed by atoms with Crippen LogP contribution in [0.2, 0.25) is 0 Å². The number of benzene rings is 3. The molecule has 0 N–H and O–H groups in total. The lowest BCUT2D eigenvalue weighted by Crippen LogP contribution is -3.00. The molecule has 1 aliphatic rings. The fraction of sp³-hybridized carbons (Fsp3) is 0.486. The molecule has 0 amide bonds. The number of ketones is 1. The Balaban J connectivity index is 0.00000506. The highest BCUT2D eigenvalue weighted by Crippen LogP contribution is 2.36. The number of nitrogens with zero attached hydrogens (tertiary/aromatic N) is 2. The zero-order valence-corrected chi connectivity index (χ0v) is 28.9. The lowest BCUT2D eigenvalue weighted by atomic mass is 9.72. The van der Waals surface area contributed by atoms with Crippen molar-refractivity contribution in [2.24, 2.45) is 5.41 Å². The van der Waals surface area contributed by atoms with Crippen molar-refractivity contribution in [2.45, 2.75) is 65.8 Å². The Hall–Kier alpha value is -2.83. The topological polar surface area (TPSA) is 38.8 Å². The first kappa shape index (κ1) is 34.7. The van der Waals surface area contributed by atoms with E-state index < -0.39 is 0 Å². The number of halogens is 1.